The van der Waals surface area contributed by atoms with Gasteiger partial charge in [-0.2, -0.15) is 0 Å². The topological polar surface area (TPSA) is 81.9 Å². The van der Waals surface area contributed by atoms with E-state index in [1.54, 1.807) is 13.8 Å². The predicted octanol–water partition coefficient (Wildman–Crippen LogP) is 3.95. The molecule has 3 heterocycles. The fourth-order valence-electron chi connectivity index (χ4n) is 4.13. The molecule has 0 amide bonds. The fraction of sp³-hybridized carbons (Fsp3) is 0.261. The summed E-state index contributed by atoms with van der Waals surface area (Å²) in [6.07, 6.45) is 0. The van der Waals surface area contributed by atoms with Crippen molar-refractivity contribution >= 4 is 28.2 Å². The lowest BCUT2D eigenvalue weighted by Crippen LogP contribution is -2.32. The largest absolute Gasteiger partial charge is 0.466 e. The molecule has 7 nitrogen and oxygen atoms in total. The van der Waals surface area contributed by atoms with Gasteiger partial charge in [-0.3, -0.25) is 4.40 Å². The summed E-state index contributed by atoms with van der Waals surface area (Å²) < 4.78 is 12.2. The summed E-state index contributed by atoms with van der Waals surface area (Å²) >= 11 is 1.51. The standard InChI is InChI=1S/C23H23N3O4S/c1-12-11-31-23-25-19(15-9-7-6-8-10-15)20(26(12)23)18-16(21(27)29-4)13(2)24-14(3)17(18)22(28)30-5/h6-11,18,24H,1-5H3. The van der Waals surface area contributed by atoms with Crippen LogP contribution in [-0.4, -0.2) is 35.5 Å². The molecule has 8 heteroatoms. The average Bonchev–Trinajstić information content (AvgIpc) is 3.32. The molecule has 0 aliphatic carbocycles. The second-order valence-corrected chi connectivity index (χ2v) is 8.16. The Morgan fingerprint density at radius 2 is 1.58 bits per heavy atom. The van der Waals surface area contributed by atoms with Gasteiger partial charge in [-0.15, -0.1) is 11.3 Å². The number of hydrogen-bond donors (Lipinski definition) is 1. The van der Waals surface area contributed by atoms with Crippen LogP contribution < -0.4 is 5.32 Å². The molecule has 2 aromatic heterocycles. The number of fused-ring (bicyclic) bond motifs is 1. The molecular weight excluding hydrogens is 414 g/mol. The summed E-state index contributed by atoms with van der Waals surface area (Å²) in [5, 5.41) is 5.15. The first-order chi connectivity index (χ1) is 14.9. The van der Waals surface area contributed by atoms with Gasteiger partial charge in [-0.1, -0.05) is 30.3 Å². The van der Waals surface area contributed by atoms with E-state index in [0.29, 0.717) is 28.2 Å². The Bertz CT molecular complexity index is 1210. The quantitative estimate of drug-likeness (QED) is 0.623. The van der Waals surface area contributed by atoms with E-state index in [2.05, 4.69) is 5.32 Å². The number of aryl methyl sites for hydroxylation is 1. The van der Waals surface area contributed by atoms with E-state index in [4.69, 9.17) is 14.5 Å². The maximum absolute atomic E-state index is 12.9. The van der Waals surface area contributed by atoms with Gasteiger partial charge in [0.25, 0.3) is 0 Å². The van der Waals surface area contributed by atoms with Gasteiger partial charge in [-0.05, 0) is 20.8 Å². The van der Waals surface area contributed by atoms with Crippen molar-refractivity contribution in [2.24, 2.45) is 0 Å². The molecule has 0 unspecified atom stereocenters. The van der Waals surface area contributed by atoms with Crippen LogP contribution in [0.25, 0.3) is 16.2 Å². The van der Waals surface area contributed by atoms with Gasteiger partial charge in [0.2, 0.25) is 0 Å². The van der Waals surface area contributed by atoms with E-state index in [-0.39, 0.29) is 0 Å². The molecule has 0 spiro atoms. The molecular formula is C23H23N3O4S. The molecule has 0 atom stereocenters. The predicted molar refractivity (Wildman–Crippen MR) is 119 cm³/mol. The van der Waals surface area contributed by atoms with Crippen LogP contribution in [-0.2, 0) is 19.1 Å². The Morgan fingerprint density at radius 3 is 2.13 bits per heavy atom. The van der Waals surface area contributed by atoms with Crippen molar-refractivity contribution in [3.63, 3.8) is 0 Å². The lowest BCUT2D eigenvalue weighted by molar-refractivity contribution is -0.137. The summed E-state index contributed by atoms with van der Waals surface area (Å²) in [5.41, 5.74) is 5.29. The monoisotopic (exact) mass is 437 g/mol. The summed E-state index contributed by atoms with van der Waals surface area (Å²) in [7, 11) is 2.67. The SMILES string of the molecule is COC(=O)C1=C(C)NC(C)=C(C(=O)OC)C1c1c(-c2ccccc2)nc2scc(C)n12. The summed E-state index contributed by atoms with van der Waals surface area (Å²) in [5.74, 6) is -1.73. The lowest BCUT2D eigenvalue weighted by Gasteiger charge is -2.30. The van der Waals surface area contributed by atoms with Crippen molar-refractivity contribution in [3.05, 3.63) is 69.6 Å². The summed E-state index contributed by atoms with van der Waals surface area (Å²) in [4.78, 5) is 31.5. The first-order valence-electron chi connectivity index (χ1n) is 9.76. The molecule has 4 rings (SSSR count). The van der Waals surface area contributed by atoms with Crippen molar-refractivity contribution in [3.8, 4) is 11.3 Å². The Hall–Kier alpha value is -3.39. The van der Waals surface area contributed by atoms with E-state index in [1.807, 2.05) is 47.0 Å². The third kappa shape index (κ3) is 3.33. The number of esters is 2. The van der Waals surface area contributed by atoms with E-state index < -0.39 is 17.9 Å². The van der Waals surface area contributed by atoms with Crippen LogP contribution in [0.4, 0.5) is 0 Å². The number of imidazole rings is 1. The van der Waals surface area contributed by atoms with Crippen LogP contribution in [0.2, 0.25) is 0 Å². The van der Waals surface area contributed by atoms with E-state index >= 15 is 0 Å². The normalized spacial score (nSPS) is 14.7. The highest BCUT2D eigenvalue weighted by molar-refractivity contribution is 7.15. The maximum Gasteiger partial charge on any atom is 0.336 e. The minimum atomic E-state index is -0.709. The number of carbonyl (C=O) groups excluding carboxylic acids is 2. The smallest absolute Gasteiger partial charge is 0.336 e. The number of methoxy groups -OCH3 is 2. The lowest BCUT2D eigenvalue weighted by atomic mass is 9.81. The molecule has 31 heavy (non-hydrogen) atoms. The number of ether oxygens (including phenoxy) is 2. The van der Waals surface area contributed by atoms with Crippen LogP contribution in [0.15, 0.2) is 58.3 Å². The van der Waals surface area contributed by atoms with Gasteiger partial charge < -0.3 is 14.8 Å². The molecule has 160 valence electrons. The molecule has 1 aliphatic rings. The fourth-order valence-corrected chi connectivity index (χ4v) is 5.00. The second kappa shape index (κ2) is 8.03. The first kappa shape index (κ1) is 20.9. The van der Waals surface area contributed by atoms with E-state index in [9.17, 15) is 9.59 Å². The van der Waals surface area contributed by atoms with Crippen molar-refractivity contribution in [1.29, 1.82) is 0 Å². The molecule has 1 N–H and O–H groups in total. The first-order valence-corrected chi connectivity index (χ1v) is 10.6. The van der Waals surface area contributed by atoms with Crippen molar-refractivity contribution in [2.45, 2.75) is 26.7 Å². The minimum absolute atomic E-state index is 0.359. The second-order valence-electron chi connectivity index (χ2n) is 7.33. The molecule has 0 fully saturated rings. The average molecular weight is 438 g/mol. The summed E-state index contributed by atoms with van der Waals surface area (Å²) in [6, 6.07) is 9.74. The number of allylic oxidation sites excluding steroid dienone is 2. The number of nitrogens with one attached hydrogen (secondary N) is 1. The Labute approximate surface area is 184 Å². The zero-order valence-corrected chi connectivity index (χ0v) is 18.8. The van der Waals surface area contributed by atoms with Gasteiger partial charge in [0.1, 0.15) is 0 Å². The highest BCUT2D eigenvalue weighted by atomic mass is 32.1. The number of benzene rings is 1. The van der Waals surface area contributed by atoms with Gasteiger partial charge in [-0.25, -0.2) is 14.6 Å². The molecule has 0 saturated heterocycles. The molecule has 1 aliphatic heterocycles. The third-order valence-corrected chi connectivity index (χ3v) is 6.41. The van der Waals surface area contributed by atoms with Gasteiger partial charge in [0, 0.05) is 28.0 Å². The third-order valence-electron chi connectivity index (χ3n) is 5.46. The summed E-state index contributed by atoms with van der Waals surface area (Å²) in [6.45, 7) is 5.59. The Morgan fingerprint density at radius 1 is 1.00 bits per heavy atom. The number of dihydropyridines is 1. The van der Waals surface area contributed by atoms with E-state index in [1.165, 1.54) is 25.6 Å². The van der Waals surface area contributed by atoms with E-state index in [0.717, 1.165) is 21.9 Å². The van der Waals surface area contributed by atoms with Gasteiger partial charge in [0.15, 0.2) is 4.96 Å². The van der Waals surface area contributed by atoms with Crippen LogP contribution in [0.3, 0.4) is 0 Å². The van der Waals surface area contributed by atoms with Crippen LogP contribution >= 0.6 is 11.3 Å². The van der Waals surface area contributed by atoms with Crippen molar-refractivity contribution in [2.75, 3.05) is 14.2 Å². The number of aromatic nitrogens is 2. The molecule has 1 aromatic carbocycles. The van der Waals surface area contributed by atoms with Crippen molar-refractivity contribution < 1.29 is 19.1 Å². The number of rotatable bonds is 4. The highest BCUT2D eigenvalue weighted by Gasteiger charge is 2.41. The zero-order valence-electron chi connectivity index (χ0n) is 18.0. The zero-order chi connectivity index (χ0) is 22.3. The Kier molecular flexibility index (Phi) is 5.41. The molecule has 0 saturated carbocycles. The van der Waals surface area contributed by atoms with Crippen molar-refractivity contribution in [1.82, 2.24) is 14.7 Å². The number of hydrogen-bond acceptors (Lipinski definition) is 7. The highest BCUT2D eigenvalue weighted by Crippen LogP contribution is 2.44. The Balaban J connectivity index is 2.11. The van der Waals surface area contributed by atoms with Crippen LogP contribution in [0, 0.1) is 6.92 Å². The number of nitrogens with zero attached hydrogens (tertiary/aromatic N) is 2. The molecule has 3 aromatic rings. The molecule has 0 bridgehead atoms. The maximum atomic E-state index is 12.9. The van der Waals surface area contributed by atoms with Crippen LogP contribution in [0.1, 0.15) is 31.2 Å². The van der Waals surface area contributed by atoms with Gasteiger partial charge >= 0.3 is 11.9 Å². The van der Waals surface area contributed by atoms with Gasteiger partial charge in [0.05, 0.1) is 42.7 Å². The molecule has 0 radical (unpaired) electrons. The van der Waals surface area contributed by atoms with Crippen LogP contribution in [0.5, 0.6) is 0 Å². The number of thiazole rings is 1. The minimum Gasteiger partial charge on any atom is -0.466 e. The number of carbonyl (C=O) groups is 2.